The highest BCUT2D eigenvalue weighted by atomic mass is 19.1. The molecule has 0 amide bonds. The van der Waals surface area contributed by atoms with E-state index in [9.17, 15) is 18.7 Å². The Morgan fingerprint density at radius 3 is 2.78 bits per heavy atom. The highest BCUT2D eigenvalue weighted by molar-refractivity contribution is 5.73. The molecule has 0 aromatic heterocycles. The Morgan fingerprint density at radius 1 is 1.26 bits per heavy atom. The minimum atomic E-state index is -0.928. The highest BCUT2D eigenvalue weighted by Crippen LogP contribution is 2.36. The molecule has 1 fully saturated rings. The predicted molar refractivity (Wildman–Crippen MR) is 97.8 cm³/mol. The second-order valence-corrected chi connectivity index (χ2v) is 6.66. The topological polar surface area (TPSA) is 49.8 Å². The highest BCUT2D eigenvalue weighted by Gasteiger charge is 2.36. The van der Waals surface area contributed by atoms with Crippen molar-refractivity contribution < 1.29 is 23.4 Å². The summed E-state index contributed by atoms with van der Waals surface area (Å²) in [6, 6.07) is 9.32. The number of hydrogen-bond donors (Lipinski definition) is 1. The molecular weight excluding hydrogens is 352 g/mol. The lowest BCUT2D eigenvalue weighted by Crippen LogP contribution is -2.47. The minimum Gasteiger partial charge on any atom is -0.494 e. The van der Waals surface area contributed by atoms with Crippen molar-refractivity contribution in [1.82, 2.24) is 4.90 Å². The summed E-state index contributed by atoms with van der Waals surface area (Å²) >= 11 is 0. The molecule has 4 nitrogen and oxygen atoms in total. The number of carbonyl (C=O) groups is 1. The van der Waals surface area contributed by atoms with Crippen LogP contribution in [0.2, 0.25) is 0 Å². The summed E-state index contributed by atoms with van der Waals surface area (Å²) in [6.45, 7) is 2.88. The van der Waals surface area contributed by atoms with E-state index < -0.39 is 29.7 Å². The largest absolute Gasteiger partial charge is 0.494 e. The fourth-order valence-electron chi connectivity index (χ4n) is 3.74. The summed E-state index contributed by atoms with van der Waals surface area (Å²) in [4.78, 5) is 13.6. The van der Waals surface area contributed by atoms with Crippen molar-refractivity contribution in [3.8, 4) is 5.75 Å². The first-order valence-electron chi connectivity index (χ1n) is 9.17. The Balaban J connectivity index is 2.11. The quantitative estimate of drug-likeness (QED) is 0.813. The summed E-state index contributed by atoms with van der Waals surface area (Å²) < 4.78 is 33.7. The van der Waals surface area contributed by atoms with Gasteiger partial charge in [-0.25, -0.2) is 8.78 Å². The van der Waals surface area contributed by atoms with Crippen LogP contribution in [0.4, 0.5) is 8.78 Å². The molecule has 0 aliphatic carbocycles. The Morgan fingerprint density at radius 2 is 2.07 bits per heavy atom. The molecule has 1 aliphatic rings. The lowest BCUT2D eigenvalue weighted by molar-refractivity contribution is -0.145. The van der Waals surface area contributed by atoms with E-state index in [2.05, 4.69) is 0 Å². The fourth-order valence-corrected chi connectivity index (χ4v) is 3.74. The third-order valence-electron chi connectivity index (χ3n) is 4.90. The van der Waals surface area contributed by atoms with Gasteiger partial charge in [-0.15, -0.1) is 0 Å². The van der Waals surface area contributed by atoms with Crippen LogP contribution in [0.25, 0.3) is 0 Å². The zero-order chi connectivity index (χ0) is 19.4. The normalized spacial score (nSPS) is 18.9. The number of aliphatic carboxylic acids is 1. The van der Waals surface area contributed by atoms with E-state index in [1.165, 1.54) is 12.1 Å². The third-order valence-corrected chi connectivity index (χ3v) is 4.90. The third kappa shape index (κ3) is 4.27. The van der Waals surface area contributed by atoms with Crippen LogP contribution < -0.4 is 4.74 Å². The predicted octanol–water partition coefficient (Wildman–Crippen LogP) is 4.39. The second kappa shape index (κ2) is 8.48. The Hall–Kier alpha value is -2.47. The number of nitrogens with zero attached hydrogens (tertiary/aromatic N) is 1. The number of ether oxygens (including phenoxy) is 1. The van der Waals surface area contributed by atoms with Crippen molar-refractivity contribution in [2.24, 2.45) is 0 Å². The molecule has 2 unspecified atom stereocenters. The lowest BCUT2D eigenvalue weighted by atomic mass is 9.91. The van der Waals surface area contributed by atoms with Gasteiger partial charge in [0, 0.05) is 11.6 Å². The van der Waals surface area contributed by atoms with Crippen LogP contribution in [0.3, 0.4) is 0 Å². The van der Waals surface area contributed by atoms with Gasteiger partial charge in [0.05, 0.1) is 12.6 Å². The van der Waals surface area contributed by atoms with Gasteiger partial charge in [0.1, 0.15) is 23.4 Å². The molecule has 1 aliphatic heterocycles. The van der Waals surface area contributed by atoms with Gasteiger partial charge in [-0.2, -0.15) is 0 Å². The number of likely N-dealkylation sites (tertiary alicyclic amines) is 1. The molecule has 1 saturated heterocycles. The maximum absolute atomic E-state index is 14.7. The monoisotopic (exact) mass is 375 g/mol. The summed E-state index contributed by atoms with van der Waals surface area (Å²) in [7, 11) is 0. The number of halogens is 2. The maximum atomic E-state index is 14.7. The van der Waals surface area contributed by atoms with E-state index in [0.29, 0.717) is 25.3 Å². The van der Waals surface area contributed by atoms with E-state index in [1.54, 1.807) is 23.1 Å². The Labute approximate surface area is 157 Å². The number of rotatable bonds is 6. The number of hydrogen-bond acceptors (Lipinski definition) is 3. The molecule has 1 heterocycles. The van der Waals surface area contributed by atoms with Crippen molar-refractivity contribution in [2.45, 2.75) is 38.3 Å². The SMILES string of the molecule is CCOc1cccc(C(c2ccc(F)cc2F)N2CCCCC2C(=O)O)c1. The van der Waals surface area contributed by atoms with E-state index in [4.69, 9.17) is 4.74 Å². The van der Waals surface area contributed by atoms with Crippen molar-refractivity contribution in [1.29, 1.82) is 0 Å². The van der Waals surface area contributed by atoms with Gasteiger partial charge < -0.3 is 9.84 Å². The molecule has 144 valence electrons. The summed E-state index contributed by atoms with van der Waals surface area (Å²) in [5.41, 5.74) is 0.984. The molecule has 27 heavy (non-hydrogen) atoms. The number of benzene rings is 2. The van der Waals surface area contributed by atoms with Crippen LogP contribution >= 0.6 is 0 Å². The van der Waals surface area contributed by atoms with Crippen LogP contribution in [0.15, 0.2) is 42.5 Å². The van der Waals surface area contributed by atoms with E-state index >= 15 is 0 Å². The second-order valence-electron chi connectivity index (χ2n) is 6.66. The van der Waals surface area contributed by atoms with Crippen LogP contribution in [-0.4, -0.2) is 35.2 Å². The Kier molecular flexibility index (Phi) is 6.06. The fraction of sp³-hybridized carbons (Fsp3) is 0.381. The molecule has 2 aromatic carbocycles. The van der Waals surface area contributed by atoms with E-state index in [0.717, 1.165) is 24.5 Å². The first-order valence-corrected chi connectivity index (χ1v) is 9.17. The maximum Gasteiger partial charge on any atom is 0.320 e. The van der Waals surface area contributed by atoms with Gasteiger partial charge in [0.25, 0.3) is 0 Å². The van der Waals surface area contributed by atoms with Crippen LogP contribution in [-0.2, 0) is 4.79 Å². The standard InChI is InChI=1S/C21H23F2NO3/c1-2-27-16-7-5-6-14(12-16)20(17-10-9-15(22)13-18(17)23)24-11-4-3-8-19(24)21(25)26/h5-7,9-10,12-13,19-20H,2-4,8,11H2,1H3,(H,25,26). The van der Waals surface area contributed by atoms with Crippen LogP contribution in [0.1, 0.15) is 43.4 Å². The van der Waals surface area contributed by atoms with Crippen molar-refractivity contribution in [3.05, 3.63) is 65.2 Å². The molecule has 0 saturated carbocycles. The van der Waals surface area contributed by atoms with Crippen molar-refractivity contribution >= 4 is 5.97 Å². The van der Waals surface area contributed by atoms with E-state index in [1.807, 2.05) is 13.0 Å². The average molecular weight is 375 g/mol. The lowest BCUT2D eigenvalue weighted by Gasteiger charge is -2.39. The number of carboxylic acid groups (broad SMARTS) is 1. The van der Waals surface area contributed by atoms with Gasteiger partial charge in [0.2, 0.25) is 0 Å². The van der Waals surface area contributed by atoms with Gasteiger partial charge in [-0.1, -0.05) is 24.6 Å². The molecule has 0 radical (unpaired) electrons. The number of piperidine rings is 1. The molecule has 2 aromatic rings. The van der Waals surface area contributed by atoms with Crippen molar-refractivity contribution in [3.63, 3.8) is 0 Å². The van der Waals surface area contributed by atoms with E-state index in [-0.39, 0.29) is 5.56 Å². The molecule has 0 spiro atoms. The molecular formula is C21H23F2NO3. The number of carboxylic acids is 1. The summed E-state index contributed by atoms with van der Waals surface area (Å²) in [5, 5.41) is 9.68. The smallest absolute Gasteiger partial charge is 0.320 e. The average Bonchev–Trinajstić information content (AvgIpc) is 2.65. The zero-order valence-corrected chi connectivity index (χ0v) is 15.2. The van der Waals surface area contributed by atoms with Crippen LogP contribution in [0.5, 0.6) is 5.75 Å². The summed E-state index contributed by atoms with van der Waals surface area (Å²) in [6.07, 6.45) is 2.14. The zero-order valence-electron chi connectivity index (χ0n) is 15.2. The van der Waals surface area contributed by atoms with Crippen LogP contribution in [0, 0.1) is 11.6 Å². The first kappa shape index (κ1) is 19.3. The van der Waals surface area contributed by atoms with Crippen molar-refractivity contribution in [2.75, 3.05) is 13.2 Å². The molecule has 2 atom stereocenters. The molecule has 1 N–H and O–H groups in total. The Bertz CT molecular complexity index is 812. The molecule has 6 heteroatoms. The summed E-state index contributed by atoms with van der Waals surface area (Å²) in [5.74, 6) is -1.64. The van der Waals surface area contributed by atoms with Gasteiger partial charge in [-0.3, -0.25) is 9.69 Å². The van der Waals surface area contributed by atoms with Gasteiger partial charge in [-0.05, 0) is 50.1 Å². The minimum absolute atomic E-state index is 0.262. The van der Waals surface area contributed by atoms with Gasteiger partial charge in [0.15, 0.2) is 0 Å². The first-order chi connectivity index (χ1) is 13.0. The van der Waals surface area contributed by atoms with Gasteiger partial charge >= 0.3 is 5.97 Å². The molecule has 3 rings (SSSR count). The molecule has 0 bridgehead atoms.